The lowest BCUT2D eigenvalue weighted by molar-refractivity contribution is -0.0511. The molecule has 1 saturated heterocycles. The molecule has 0 bridgehead atoms. The number of nitrogen functional groups attached to an aromatic ring is 1. The van der Waals surface area contributed by atoms with Gasteiger partial charge in [-0.2, -0.15) is 9.97 Å². The first-order valence-electron chi connectivity index (χ1n) is 9.57. The average molecular weight is 390 g/mol. The standard InChI is InChI=1S/C18H26N6O4/c1-9(10-5-3-2-4-6-10)21-18-22-15(19)12-16(23-18)24(8-20-12)17-14(27)13(26)11(7-25)28-17/h5,8-9,11,13-14,17,25-27H,2-4,6-7H2,1H3,(H3,19,21,22,23)/t9?,11-,13-,14-,17-/m1/s1. The normalized spacial score (nSPS) is 29.1. The van der Waals surface area contributed by atoms with Gasteiger partial charge in [-0.25, -0.2) is 4.98 Å². The van der Waals surface area contributed by atoms with E-state index in [0.29, 0.717) is 17.1 Å². The van der Waals surface area contributed by atoms with Crippen molar-refractivity contribution in [3.05, 3.63) is 18.0 Å². The quantitative estimate of drug-likeness (QED) is 0.454. The van der Waals surface area contributed by atoms with Gasteiger partial charge in [0.05, 0.1) is 12.9 Å². The number of fused-ring (bicyclic) bond motifs is 1. The van der Waals surface area contributed by atoms with Crippen LogP contribution in [0.5, 0.6) is 0 Å². The predicted molar refractivity (Wildman–Crippen MR) is 102 cm³/mol. The Kier molecular flexibility index (Phi) is 5.19. The van der Waals surface area contributed by atoms with Crippen LogP contribution in [0, 0.1) is 0 Å². The number of nitrogens with zero attached hydrogens (tertiary/aromatic N) is 4. The molecule has 0 amide bonds. The molecule has 0 aromatic carbocycles. The second-order valence-corrected chi connectivity index (χ2v) is 7.38. The van der Waals surface area contributed by atoms with Gasteiger partial charge in [0, 0.05) is 6.04 Å². The fraction of sp³-hybridized carbons (Fsp3) is 0.611. The molecular weight excluding hydrogens is 364 g/mol. The van der Waals surface area contributed by atoms with Crippen molar-refractivity contribution in [1.82, 2.24) is 19.5 Å². The fourth-order valence-electron chi connectivity index (χ4n) is 3.84. The summed E-state index contributed by atoms with van der Waals surface area (Å²) in [7, 11) is 0. The van der Waals surface area contributed by atoms with Crippen molar-refractivity contribution in [2.75, 3.05) is 17.7 Å². The van der Waals surface area contributed by atoms with Crippen LogP contribution in [0.2, 0.25) is 0 Å². The van der Waals surface area contributed by atoms with Gasteiger partial charge in [-0.05, 0) is 32.6 Å². The third-order valence-corrected chi connectivity index (χ3v) is 5.47. The summed E-state index contributed by atoms with van der Waals surface area (Å²) in [6.45, 7) is 1.65. The zero-order valence-corrected chi connectivity index (χ0v) is 15.7. The minimum Gasteiger partial charge on any atom is -0.394 e. The van der Waals surface area contributed by atoms with E-state index in [-0.39, 0.29) is 11.9 Å². The van der Waals surface area contributed by atoms with Crippen LogP contribution in [0.4, 0.5) is 11.8 Å². The summed E-state index contributed by atoms with van der Waals surface area (Å²) in [5, 5.41) is 32.9. The molecule has 1 aliphatic carbocycles. The van der Waals surface area contributed by atoms with Crippen molar-refractivity contribution in [1.29, 1.82) is 0 Å². The highest BCUT2D eigenvalue weighted by molar-refractivity contribution is 5.83. The predicted octanol–water partition coefficient (Wildman–Crippen LogP) is 0.321. The number of imidazole rings is 1. The molecule has 2 aliphatic rings. The van der Waals surface area contributed by atoms with Crippen LogP contribution < -0.4 is 11.1 Å². The zero-order valence-electron chi connectivity index (χ0n) is 15.7. The third kappa shape index (κ3) is 3.32. The molecular formula is C18H26N6O4. The van der Waals surface area contributed by atoms with Crippen LogP contribution in [0.15, 0.2) is 18.0 Å². The van der Waals surface area contributed by atoms with Gasteiger partial charge >= 0.3 is 0 Å². The van der Waals surface area contributed by atoms with E-state index in [1.54, 1.807) is 0 Å². The van der Waals surface area contributed by atoms with Crippen LogP contribution in [-0.4, -0.2) is 65.8 Å². The molecule has 10 nitrogen and oxygen atoms in total. The maximum Gasteiger partial charge on any atom is 0.227 e. The number of allylic oxidation sites excluding steroid dienone is 1. The minimum absolute atomic E-state index is 0.0717. The summed E-state index contributed by atoms with van der Waals surface area (Å²) >= 11 is 0. The van der Waals surface area contributed by atoms with E-state index in [2.05, 4.69) is 33.3 Å². The highest BCUT2D eigenvalue weighted by atomic mass is 16.6. The van der Waals surface area contributed by atoms with E-state index in [0.717, 1.165) is 12.8 Å². The maximum atomic E-state index is 10.3. The Morgan fingerprint density at radius 2 is 2.14 bits per heavy atom. The van der Waals surface area contributed by atoms with Gasteiger partial charge in [-0.1, -0.05) is 11.6 Å². The van der Waals surface area contributed by atoms with Crippen molar-refractivity contribution in [2.45, 2.75) is 63.2 Å². The molecule has 10 heteroatoms. The molecule has 5 atom stereocenters. The number of aliphatic hydroxyl groups excluding tert-OH is 3. The Morgan fingerprint density at radius 3 is 2.82 bits per heavy atom. The molecule has 28 heavy (non-hydrogen) atoms. The topological polar surface area (TPSA) is 152 Å². The largest absolute Gasteiger partial charge is 0.394 e. The summed E-state index contributed by atoms with van der Waals surface area (Å²) in [6.07, 6.45) is 3.97. The summed E-state index contributed by atoms with van der Waals surface area (Å²) in [4.78, 5) is 13.0. The van der Waals surface area contributed by atoms with Gasteiger partial charge in [0.25, 0.3) is 0 Å². The first-order chi connectivity index (χ1) is 13.5. The van der Waals surface area contributed by atoms with Crippen molar-refractivity contribution in [3.63, 3.8) is 0 Å². The van der Waals surface area contributed by atoms with Crippen molar-refractivity contribution in [2.24, 2.45) is 0 Å². The monoisotopic (exact) mass is 390 g/mol. The van der Waals surface area contributed by atoms with E-state index >= 15 is 0 Å². The minimum atomic E-state index is -1.23. The highest BCUT2D eigenvalue weighted by Crippen LogP contribution is 2.32. The van der Waals surface area contributed by atoms with E-state index < -0.39 is 31.1 Å². The molecule has 0 spiro atoms. The van der Waals surface area contributed by atoms with Crippen molar-refractivity contribution >= 4 is 22.9 Å². The van der Waals surface area contributed by atoms with Gasteiger partial charge in [0.1, 0.15) is 23.8 Å². The molecule has 2 aromatic heterocycles. The summed E-state index contributed by atoms with van der Waals surface area (Å²) in [5.74, 6) is 0.570. The van der Waals surface area contributed by atoms with Crippen LogP contribution in [0.3, 0.4) is 0 Å². The molecule has 0 saturated carbocycles. The fourth-order valence-corrected chi connectivity index (χ4v) is 3.84. The van der Waals surface area contributed by atoms with Crippen LogP contribution in [-0.2, 0) is 4.74 Å². The number of ether oxygens (including phenoxy) is 1. The number of rotatable bonds is 5. The summed E-state index contributed by atoms with van der Waals surface area (Å²) in [5.41, 5.74) is 8.16. The molecule has 2 aromatic rings. The van der Waals surface area contributed by atoms with Gasteiger partial charge in [-0.15, -0.1) is 0 Å². The number of anilines is 2. The van der Waals surface area contributed by atoms with Crippen molar-refractivity contribution in [3.8, 4) is 0 Å². The Balaban J connectivity index is 1.64. The Morgan fingerprint density at radius 1 is 1.32 bits per heavy atom. The second-order valence-electron chi connectivity index (χ2n) is 7.38. The molecule has 1 aliphatic heterocycles. The molecule has 1 fully saturated rings. The first-order valence-corrected chi connectivity index (χ1v) is 9.57. The second kappa shape index (κ2) is 7.63. The smallest absolute Gasteiger partial charge is 0.227 e. The molecule has 0 radical (unpaired) electrons. The first kappa shape index (κ1) is 19.1. The Labute approximate surface area is 162 Å². The molecule has 6 N–H and O–H groups in total. The number of aliphatic hydroxyl groups is 3. The molecule has 3 heterocycles. The molecule has 1 unspecified atom stereocenters. The van der Waals surface area contributed by atoms with Gasteiger partial charge in [0.15, 0.2) is 17.7 Å². The molecule has 4 rings (SSSR count). The zero-order chi connectivity index (χ0) is 19.8. The third-order valence-electron chi connectivity index (χ3n) is 5.47. The Bertz CT molecular complexity index is 884. The van der Waals surface area contributed by atoms with Crippen LogP contribution >= 0.6 is 0 Å². The van der Waals surface area contributed by atoms with Crippen molar-refractivity contribution < 1.29 is 20.1 Å². The van der Waals surface area contributed by atoms with Gasteiger partial charge < -0.3 is 31.1 Å². The molecule has 152 valence electrons. The Hall–Kier alpha value is -2.27. The summed E-state index contributed by atoms with van der Waals surface area (Å²) in [6, 6.07) is 0.0717. The number of aromatic nitrogens is 4. The van der Waals surface area contributed by atoms with E-state index in [9.17, 15) is 15.3 Å². The summed E-state index contributed by atoms with van der Waals surface area (Å²) < 4.78 is 7.09. The number of hydrogen-bond donors (Lipinski definition) is 5. The van der Waals surface area contributed by atoms with E-state index in [1.165, 1.54) is 29.3 Å². The van der Waals surface area contributed by atoms with E-state index in [4.69, 9.17) is 10.5 Å². The SMILES string of the molecule is CC(Nc1nc(N)c2ncn([C@@H]3O[C@H](CO)[C@@H](O)[C@H]3O)c2n1)C1=CCCCC1. The lowest BCUT2D eigenvalue weighted by atomic mass is 9.95. The highest BCUT2D eigenvalue weighted by Gasteiger charge is 2.44. The number of nitrogens with one attached hydrogen (secondary N) is 1. The maximum absolute atomic E-state index is 10.3. The number of nitrogens with two attached hydrogens (primary N) is 1. The van der Waals surface area contributed by atoms with Crippen LogP contribution in [0.1, 0.15) is 38.8 Å². The van der Waals surface area contributed by atoms with Crippen LogP contribution in [0.25, 0.3) is 11.2 Å². The lowest BCUT2D eigenvalue weighted by Gasteiger charge is -2.21. The average Bonchev–Trinajstić information content (AvgIpc) is 3.24. The van der Waals surface area contributed by atoms with E-state index in [1.807, 2.05) is 0 Å². The van der Waals surface area contributed by atoms with Gasteiger partial charge in [0.2, 0.25) is 5.95 Å². The lowest BCUT2D eigenvalue weighted by Crippen LogP contribution is -2.33. The number of hydrogen-bond acceptors (Lipinski definition) is 9. The van der Waals surface area contributed by atoms with Gasteiger partial charge in [-0.3, -0.25) is 4.57 Å².